The second-order valence-electron chi connectivity index (χ2n) is 6.07. The average Bonchev–Trinajstić information content (AvgIpc) is 2.86. The number of rotatable bonds is 4. The molecular formula is C15H21N5. The van der Waals surface area contributed by atoms with Crippen LogP contribution in [0.3, 0.4) is 0 Å². The van der Waals surface area contributed by atoms with E-state index in [1.807, 2.05) is 0 Å². The van der Waals surface area contributed by atoms with Gasteiger partial charge in [-0.1, -0.05) is 13.8 Å². The van der Waals surface area contributed by atoms with Gasteiger partial charge in [-0.15, -0.1) is 5.10 Å². The highest BCUT2D eigenvalue weighted by atomic mass is 15.5. The number of aryl methyl sites for hydroxylation is 1. The molecule has 3 rings (SSSR count). The summed E-state index contributed by atoms with van der Waals surface area (Å²) in [5, 5.41) is 14.9. The molecule has 5 heteroatoms. The molecule has 1 fully saturated rings. The largest absolute Gasteiger partial charge is 0.382 e. The summed E-state index contributed by atoms with van der Waals surface area (Å²) in [5.74, 6) is 1.69. The third kappa shape index (κ3) is 2.53. The molecule has 0 amide bonds. The number of aromatic nitrogens is 4. The predicted octanol–water partition coefficient (Wildman–Crippen LogP) is 2.82. The topological polar surface area (TPSA) is 55.6 Å². The number of nitrogens with zero attached hydrogens (tertiary/aromatic N) is 4. The van der Waals surface area contributed by atoms with Crippen molar-refractivity contribution in [2.24, 2.45) is 11.8 Å². The lowest BCUT2D eigenvalue weighted by Crippen LogP contribution is -2.37. The van der Waals surface area contributed by atoms with Gasteiger partial charge in [0.1, 0.15) is 6.33 Å². The maximum atomic E-state index is 3.93. The van der Waals surface area contributed by atoms with E-state index in [1.165, 1.54) is 24.1 Å². The first-order valence-electron chi connectivity index (χ1n) is 7.24. The minimum atomic E-state index is 0.626. The van der Waals surface area contributed by atoms with Crippen LogP contribution < -0.4 is 5.32 Å². The number of tetrazole rings is 1. The van der Waals surface area contributed by atoms with E-state index in [2.05, 4.69) is 59.8 Å². The van der Waals surface area contributed by atoms with Crippen molar-refractivity contribution >= 4 is 5.69 Å². The second-order valence-corrected chi connectivity index (χ2v) is 6.07. The molecule has 5 nitrogen and oxygen atoms in total. The summed E-state index contributed by atoms with van der Waals surface area (Å²) in [6, 6.07) is 6.96. The van der Waals surface area contributed by atoms with Gasteiger partial charge < -0.3 is 5.32 Å². The summed E-state index contributed by atoms with van der Waals surface area (Å²) >= 11 is 0. The highest BCUT2D eigenvalue weighted by Crippen LogP contribution is 2.35. The Morgan fingerprint density at radius 1 is 1.30 bits per heavy atom. The smallest absolute Gasteiger partial charge is 0.143 e. The molecule has 1 saturated carbocycles. The first-order chi connectivity index (χ1) is 9.63. The Morgan fingerprint density at radius 2 is 2.10 bits per heavy atom. The minimum absolute atomic E-state index is 0.626. The van der Waals surface area contributed by atoms with Crippen LogP contribution in [-0.2, 0) is 0 Å². The molecule has 106 valence electrons. The van der Waals surface area contributed by atoms with Crippen molar-refractivity contribution in [1.82, 2.24) is 20.2 Å². The van der Waals surface area contributed by atoms with E-state index < -0.39 is 0 Å². The van der Waals surface area contributed by atoms with Gasteiger partial charge in [0.15, 0.2) is 0 Å². The fourth-order valence-electron chi connectivity index (χ4n) is 2.83. The van der Waals surface area contributed by atoms with E-state index in [9.17, 15) is 0 Å². The SMILES string of the molecule is Cc1cc(NC2CC(C(C)C)C2)ccc1-n1cnnn1. The van der Waals surface area contributed by atoms with Crippen LogP contribution in [0, 0.1) is 18.8 Å². The molecule has 1 heterocycles. The molecule has 1 aromatic carbocycles. The molecule has 0 atom stereocenters. The van der Waals surface area contributed by atoms with E-state index in [4.69, 9.17) is 0 Å². The van der Waals surface area contributed by atoms with Crippen molar-refractivity contribution in [1.29, 1.82) is 0 Å². The number of anilines is 1. The summed E-state index contributed by atoms with van der Waals surface area (Å²) in [5.41, 5.74) is 3.38. The van der Waals surface area contributed by atoms with Crippen molar-refractivity contribution < 1.29 is 0 Å². The van der Waals surface area contributed by atoms with Crippen LogP contribution in [-0.4, -0.2) is 26.2 Å². The number of nitrogens with one attached hydrogen (secondary N) is 1. The fourth-order valence-corrected chi connectivity index (χ4v) is 2.83. The van der Waals surface area contributed by atoms with Gasteiger partial charge in [-0.25, -0.2) is 4.68 Å². The van der Waals surface area contributed by atoms with Gasteiger partial charge in [-0.05, 0) is 65.8 Å². The highest BCUT2D eigenvalue weighted by Gasteiger charge is 2.30. The highest BCUT2D eigenvalue weighted by molar-refractivity contribution is 5.53. The van der Waals surface area contributed by atoms with Crippen LogP contribution in [0.2, 0.25) is 0 Å². The molecule has 1 aliphatic carbocycles. The van der Waals surface area contributed by atoms with Gasteiger partial charge in [0, 0.05) is 11.7 Å². The lowest BCUT2D eigenvalue weighted by atomic mass is 9.73. The van der Waals surface area contributed by atoms with Gasteiger partial charge in [0.2, 0.25) is 0 Å². The van der Waals surface area contributed by atoms with Gasteiger partial charge in [0.25, 0.3) is 0 Å². The van der Waals surface area contributed by atoms with Gasteiger partial charge in [-0.3, -0.25) is 0 Å². The Kier molecular flexibility index (Phi) is 3.42. The first kappa shape index (κ1) is 13.1. The lowest BCUT2D eigenvalue weighted by Gasteiger charge is -2.39. The summed E-state index contributed by atoms with van der Waals surface area (Å²) in [4.78, 5) is 0. The van der Waals surface area contributed by atoms with Crippen molar-refractivity contribution in [3.05, 3.63) is 30.1 Å². The van der Waals surface area contributed by atoms with Gasteiger partial charge in [-0.2, -0.15) is 0 Å². The molecule has 1 N–H and O–H groups in total. The Morgan fingerprint density at radius 3 is 2.70 bits per heavy atom. The maximum absolute atomic E-state index is 3.93. The number of hydrogen-bond acceptors (Lipinski definition) is 4. The van der Waals surface area contributed by atoms with Crippen LogP contribution in [0.1, 0.15) is 32.3 Å². The zero-order valence-electron chi connectivity index (χ0n) is 12.2. The predicted molar refractivity (Wildman–Crippen MR) is 78.9 cm³/mol. The number of hydrogen-bond donors (Lipinski definition) is 1. The lowest BCUT2D eigenvalue weighted by molar-refractivity contribution is 0.212. The molecule has 0 aliphatic heterocycles. The Labute approximate surface area is 119 Å². The standard InChI is InChI=1S/C15H21N5/c1-10(2)12-7-14(8-12)17-13-4-5-15(11(3)6-13)20-9-16-18-19-20/h4-6,9-10,12,14,17H,7-8H2,1-3H3. The van der Waals surface area contributed by atoms with Crippen LogP contribution >= 0.6 is 0 Å². The van der Waals surface area contributed by atoms with Crippen LogP contribution in [0.25, 0.3) is 5.69 Å². The van der Waals surface area contributed by atoms with E-state index in [1.54, 1.807) is 11.0 Å². The van der Waals surface area contributed by atoms with Crippen LogP contribution in [0.15, 0.2) is 24.5 Å². The summed E-state index contributed by atoms with van der Waals surface area (Å²) < 4.78 is 1.69. The van der Waals surface area contributed by atoms with E-state index in [0.29, 0.717) is 6.04 Å². The molecule has 0 bridgehead atoms. The van der Waals surface area contributed by atoms with E-state index in [-0.39, 0.29) is 0 Å². The molecule has 0 saturated heterocycles. The maximum Gasteiger partial charge on any atom is 0.143 e. The molecule has 0 spiro atoms. The molecule has 0 unspecified atom stereocenters. The van der Waals surface area contributed by atoms with Crippen LogP contribution in [0.5, 0.6) is 0 Å². The molecule has 1 aromatic heterocycles. The second kappa shape index (κ2) is 5.23. The van der Waals surface area contributed by atoms with E-state index in [0.717, 1.165) is 17.5 Å². The third-order valence-corrected chi connectivity index (χ3v) is 4.28. The normalized spacial score (nSPS) is 21.8. The van der Waals surface area contributed by atoms with Crippen LogP contribution in [0.4, 0.5) is 5.69 Å². The number of benzene rings is 1. The quantitative estimate of drug-likeness (QED) is 0.929. The summed E-state index contributed by atoms with van der Waals surface area (Å²) in [6.07, 6.45) is 4.19. The Bertz CT molecular complexity index is 570. The molecular weight excluding hydrogens is 250 g/mol. The van der Waals surface area contributed by atoms with Gasteiger partial charge in [0.05, 0.1) is 5.69 Å². The monoisotopic (exact) mass is 271 g/mol. The fraction of sp³-hybridized carbons (Fsp3) is 0.533. The molecule has 1 aliphatic rings. The third-order valence-electron chi connectivity index (χ3n) is 4.28. The minimum Gasteiger partial charge on any atom is -0.382 e. The summed E-state index contributed by atoms with van der Waals surface area (Å²) in [7, 11) is 0. The zero-order valence-corrected chi connectivity index (χ0v) is 12.2. The van der Waals surface area contributed by atoms with Gasteiger partial charge >= 0.3 is 0 Å². The van der Waals surface area contributed by atoms with E-state index >= 15 is 0 Å². The Balaban J connectivity index is 1.66. The van der Waals surface area contributed by atoms with Crippen molar-refractivity contribution in [2.75, 3.05) is 5.32 Å². The van der Waals surface area contributed by atoms with Crippen molar-refractivity contribution in [3.8, 4) is 5.69 Å². The molecule has 0 radical (unpaired) electrons. The average molecular weight is 271 g/mol. The van der Waals surface area contributed by atoms with Crippen molar-refractivity contribution in [2.45, 2.75) is 39.7 Å². The first-order valence-corrected chi connectivity index (χ1v) is 7.24. The Hall–Kier alpha value is -1.91. The molecule has 20 heavy (non-hydrogen) atoms. The summed E-state index contributed by atoms with van der Waals surface area (Å²) in [6.45, 7) is 6.71. The van der Waals surface area contributed by atoms with Crippen molar-refractivity contribution in [3.63, 3.8) is 0 Å². The molecule has 2 aromatic rings. The zero-order chi connectivity index (χ0) is 14.1.